The smallest absolute Gasteiger partial charge is 0.384 e. The monoisotopic (exact) mass is 277 g/mol. The van der Waals surface area contributed by atoms with E-state index in [4.69, 9.17) is 0 Å². The number of alkyl halides is 3. The topological polar surface area (TPSA) is 23.5 Å². The van der Waals surface area contributed by atoms with Gasteiger partial charge in [0.15, 0.2) is 0 Å². The Bertz CT molecular complexity index is 476. The minimum Gasteiger partial charge on any atom is -0.384 e. The third-order valence-electron chi connectivity index (χ3n) is 3.71. The first-order valence-corrected chi connectivity index (χ1v) is 5.93. The van der Waals surface area contributed by atoms with E-state index in [0.717, 1.165) is 6.07 Å². The lowest BCUT2D eigenvalue weighted by Gasteiger charge is -2.24. The summed E-state index contributed by atoms with van der Waals surface area (Å²) in [5, 5.41) is 10.5. The zero-order valence-electron chi connectivity index (χ0n) is 10.6. The van der Waals surface area contributed by atoms with Gasteiger partial charge in [0.25, 0.3) is 0 Å². The van der Waals surface area contributed by atoms with Gasteiger partial charge in [0.1, 0.15) is 11.4 Å². The quantitative estimate of drug-likeness (QED) is 0.798. The lowest BCUT2D eigenvalue weighted by Crippen LogP contribution is -2.30. The fourth-order valence-electron chi connectivity index (χ4n) is 2.52. The van der Waals surface area contributed by atoms with Gasteiger partial charge in [0.05, 0.1) is 5.56 Å². The number of halogens is 4. The van der Waals surface area contributed by atoms with Crippen LogP contribution in [0.1, 0.15) is 24.5 Å². The standard InChI is InChI=1S/C13H15F4NO/c1-8-6-12(19,7-18(8)2)9-3-4-11(14)10(5-9)13(15,16)17/h3-5,8,19H,6-7H2,1-2H3. The maximum atomic E-state index is 13.2. The highest BCUT2D eigenvalue weighted by Gasteiger charge is 2.42. The lowest BCUT2D eigenvalue weighted by atomic mass is 9.90. The number of likely N-dealkylation sites (tertiary alicyclic amines) is 1. The Balaban J connectivity index is 2.42. The lowest BCUT2D eigenvalue weighted by molar-refractivity contribution is -0.140. The van der Waals surface area contributed by atoms with Gasteiger partial charge >= 0.3 is 6.18 Å². The molecule has 0 bridgehead atoms. The van der Waals surface area contributed by atoms with Gasteiger partial charge in [-0.25, -0.2) is 4.39 Å². The number of hydrogen-bond donors (Lipinski definition) is 1. The van der Waals surface area contributed by atoms with Crippen LogP contribution in [-0.4, -0.2) is 29.6 Å². The van der Waals surface area contributed by atoms with Crippen molar-refractivity contribution >= 4 is 0 Å². The predicted molar refractivity (Wildman–Crippen MR) is 62.0 cm³/mol. The number of likely N-dealkylation sites (N-methyl/N-ethyl adjacent to an activating group) is 1. The number of hydrogen-bond acceptors (Lipinski definition) is 2. The number of aliphatic hydroxyl groups is 1. The number of β-amino-alcohol motifs (C(OH)–C–C–N with tert-alkyl or cyclic N) is 1. The molecule has 2 unspecified atom stereocenters. The van der Waals surface area contributed by atoms with Gasteiger partial charge in [-0.1, -0.05) is 6.07 Å². The Labute approximate surface area is 108 Å². The molecule has 1 aliphatic rings. The first-order chi connectivity index (χ1) is 8.63. The van der Waals surface area contributed by atoms with Crippen LogP contribution in [0.25, 0.3) is 0 Å². The number of rotatable bonds is 1. The molecule has 0 saturated carbocycles. The van der Waals surface area contributed by atoms with E-state index >= 15 is 0 Å². The van der Waals surface area contributed by atoms with Crippen molar-refractivity contribution in [2.45, 2.75) is 31.2 Å². The van der Waals surface area contributed by atoms with Crippen LogP contribution in [0.4, 0.5) is 17.6 Å². The molecule has 0 radical (unpaired) electrons. The van der Waals surface area contributed by atoms with Crippen molar-refractivity contribution < 1.29 is 22.7 Å². The van der Waals surface area contributed by atoms with Crippen molar-refractivity contribution in [3.63, 3.8) is 0 Å². The molecule has 6 heteroatoms. The second-order valence-corrected chi connectivity index (χ2v) is 5.19. The summed E-state index contributed by atoms with van der Waals surface area (Å²) in [4.78, 5) is 1.86. The normalized spacial score (nSPS) is 28.9. The van der Waals surface area contributed by atoms with E-state index in [0.29, 0.717) is 12.5 Å². The summed E-state index contributed by atoms with van der Waals surface area (Å²) < 4.78 is 51.2. The number of benzene rings is 1. The highest BCUT2D eigenvalue weighted by atomic mass is 19.4. The predicted octanol–water partition coefficient (Wildman–Crippen LogP) is 2.76. The molecule has 1 N–H and O–H groups in total. The summed E-state index contributed by atoms with van der Waals surface area (Å²) in [6, 6.07) is 2.75. The highest BCUT2D eigenvalue weighted by Crippen LogP contribution is 2.38. The van der Waals surface area contributed by atoms with E-state index in [-0.39, 0.29) is 18.2 Å². The van der Waals surface area contributed by atoms with Crippen molar-refractivity contribution in [3.05, 3.63) is 35.1 Å². The molecule has 0 amide bonds. The maximum Gasteiger partial charge on any atom is 0.419 e. The van der Waals surface area contributed by atoms with Crippen molar-refractivity contribution in [2.75, 3.05) is 13.6 Å². The van der Waals surface area contributed by atoms with E-state index in [1.54, 1.807) is 7.05 Å². The summed E-state index contributed by atoms with van der Waals surface area (Å²) >= 11 is 0. The van der Waals surface area contributed by atoms with Crippen LogP contribution in [0.15, 0.2) is 18.2 Å². The fraction of sp³-hybridized carbons (Fsp3) is 0.538. The van der Waals surface area contributed by atoms with Gasteiger partial charge in [0, 0.05) is 12.6 Å². The highest BCUT2D eigenvalue weighted by molar-refractivity contribution is 5.32. The molecule has 1 saturated heterocycles. The van der Waals surface area contributed by atoms with Gasteiger partial charge in [0.2, 0.25) is 0 Å². The van der Waals surface area contributed by atoms with Gasteiger partial charge in [-0.2, -0.15) is 13.2 Å². The molecule has 1 aromatic carbocycles. The molecule has 1 heterocycles. The Kier molecular flexibility index (Phi) is 3.35. The van der Waals surface area contributed by atoms with Crippen molar-refractivity contribution in [1.82, 2.24) is 4.90 Å². The van der Waals surface area contributed by atoms with Gasteiger partial charge in [-0.05, 0) is 38.1 Å². The van der Waals surface area contributed by atoms with E-state index < -0.39 is 23.2 Å². The molecule has 2 atom stereocenters. The number of nitrogens with zero attached hydrogens (tertiary/aromatic N) is 1. The van der Waals surface area contributed by atoms with Gasteiger partial charge < -0.3 is 10.0 Å². The Morgan fingerprint density at radius 3 is 2.47 bits per heavy atom. The molecular weight excluding hydrogens is 262 g/mol. The molecular formula is C13H15F4NO. The van der Waals surface area contributed by atoms with E-state index in [1.165, 1.54) is 6.07 Å². The van der Waals surface area contributed by atoms with E-state index in [2.05, 4.69) is 0 Å². The van der Waals surface area contributed by atoms with Crippen LogP contribution in [0.5, 0.6) is 0 Å². The minimum absolute atomic E-state index is 0.0596. The van der Waals surface area contributed by atoms with E-state index in [1.807, 2.05) is 11.8 Å². The van der Waals surface area contributed by atoms with Crippen molar-refractivity contribution in [2.24, 2.45) is 0 Å². The Morgan fingerprint density at radius 1 is 1.37 bits per heavy atom. The van der Waals surface area contributed by atoms with Gasteiger partial charge in [-0.15, -0.1) is 0 Å². The van der Waals surface area contributed by atoms with Crippen molar-refractivity contribution in [3.8, 4) is 0 Å². The maximum absolute atomic E-state index is 13.2. The fourth-order valence-corrected chi connectivity index (χ4v) is 2.52. The average molecular weight is 277 g/mol. The minimum atomic E-state index is -4.76. The Morgan fingerprint density at radius 2 is 2.00 bits per heavy atom. The summed E-state index contributed by atoms with van der Waals surface area (Å²) in [6.07, 6.45) is -4.43. The van der Waals surface area contributed by atoms with Crippen molar-refractivity contribution in [1.29, 1.82) is 0 Å². The summed E-state index contributed by atoms with van der Waals surface area (Å²) in [6.45, 7) is 2.11. The van der Waals surface area contributed by atoms with Crippen LogP contribution in [0.2, 0.25) is 0 Å². The summed E-state index contributed by atoms with van der Waals surface area (Å²) in [5.41, 5.74) is -2.58. The summed E-state index contributed by atoms with van der Waals surface area (Å²) in [5.74, 6) is -1.32. The molecule has 2 nitrogen and oxygen atoms in total. The molecule has 19 heavy (non-hydrogen) atoms. The largest absolute Gasteiger partial charge is 0.419 e. The SMILES string of the molecule is CC1CC(O)(c2ccc(F)c(C(F)(F)F)c2)CN1C. The Hall–Kier alpha value is -1.14. The molecule has 0 aromatic heterocycles. The third-order valence-corrected chi connectivity index (χ3v) is 3.71. The third kappa shape index (κ3) is 2.60. The van der Waals surface area contributed by atoms with E-state index in [9.17, 15) is 22.7 Å². The van der Waals surface area contributed by atoms with Crippen LogP contribution in [0.3, 0.4) is 0 Å². The molecule has 2 rings (SSSR count). The molecule has 1 aromatic rings. The van der Waals surface area contributed by atoms with Gasteiger partial charge in [-0.3, -0.25) is 0 Å². The first kappa shape index (κ1) is 14.3. The zero-order valence-corrected chi connectivity index (χ0v) is 10.6. The average Bonchev–Trinajstić information content (AvgIpc) is 2.52. The second-order valence-electron chi connectivity index (χ2n) is 5.19. The molecule has 0 spiro atoms. The van der Waals surface area contributed by atoms with Crippen LogP contribution in [0, 0.1) is 5.82 Å². The molecule has 1 aliphatic heterocycles. The summed E-state index contributed by atoms with van der Waals surface area (Å²) in [7, 11) is 1.79. The zero-order chi connectivity index (χ0) is 14.4. The van der Waals surface area contributed by atoms with Crippen LogP contribution in [-0.2, 0) is 11.8 Å². The van der Waals surface area contributed by atoms with Crippen LogP contribution >= 0.6 is 0 Å². The van der Waals surface area contributed by atoms with Crippen LogP contribution < -0.4 is 0 Å². The first-order valence-electron chi connectivity index (χ1n) is 5.93. The molecule has 106 valence electrons. The second kappa shape index (κ2) is 4.45. The molecule has 1 fully saturated rings. The molecule has 0 aliphatic carbocycles.